The molecular formula is C21H29N3O5. The van der Waals surface area contributed by atoms with Gasteiger partial charge in [0.25, 0.3) is 0 Å². The van der Waals surface area contributed by atoms with Crippen molar-refractivity contribution in [2.24, 2.45) is 0 Å². The number of aryl methyl sites for hydroxylation is 1. The van der Waals surface area contributed by atoms with Crippen LogP contribution in [0, 0.1) is 6.92 Å². The van der Waals surface area contributed by atoms with E-state index < -0.39 is 5.97 Å². The number of carbonyl (C=O) groups is 1. The number of hydrogen-bond donors (Lipinski definition) is 0. The second-order valence-electron chi connectivity index (χ2n) is 7.18. The summed E-state index contributed by atoms with van der Waals surface area (Å²) in [5.41, 5.74) is 2.25. The number of benzene rings is 1. The van der Waals surface area contributed by atoms with E-state index in [1.807, 2.05) is 13.0 Å². The van der Waals surface area contributed by atoms with E-state index >= 15 is 0 Å². The first-order valence-electron chi connectivity index (χ1n) is 9.74. The summed E-state index contributed by atoms with van der Waals surface area (Å²) in [5.74, 6) is 1.63. The van der Waals surface area contributed by atoms with Crippen molar-refractivity contribution in [3.8, 4) is 11.5 Å². The third-order valence-electron chi connectivity index (χ3n) is 5.17. The van der Waals surface area contributed by atoms with E-state index in [1.54, 1.807) is 26.4 Å². The number of ether oxygens (including phenoxy) is 3. The highest BCUT2D eigenvalue weighted by Crippen LogP contribution is 2.31. The highest BCUT2D eigenvalue weighted by Gasteiger charge is 2.23. The molecule has 3 rings (SSSR count). The Morgan fingerprint density at radius 1 is 1.03 bits per heavy atom. The number of esters is 1. The molecule has 1 saturated heterocycles. The van der Waals surface area contributed by atoms with Gasteiger partial charge in [-0.05, 0) is 32.5 Å². The number of carbonyl (C=O) groups excluding carboxylic acids is 1. The van der Waals surface area contributed by atoms with Gasteiger partial charge in [-0.1, -0.05) is 5.16 Å². The zero-order valence-electron chi connectivity index (χ0n) is 17.6. The van der Waals surface area contributed by atoms with Gasteiger partial charge in [-0.3, -0.25) is 9.80 Å². The van der Waals surface area contributed by atoms with Crippen LogP contribution in [0.1, 0.15) is 33.8 Å². The van der Waals surface area contributed by atoms with Crippen LogP contribution in [0.5, 0.6) is 11.5 Å². The van der Waals surface area contributed by atoms with Gasteiger partial charge in [0.2, 0.25) is 0 Å². The predicted molar refractivity (Wildman–Crippen MR) is 107 cm³/mol. The molecule has 1 aliphatic rings. The molecule has 0 bridgehead atoms. The molecule has 2 heterocycles. The molecule has 1 aromatic heterocycles. The van der Waals surface area contributed by atoms with Crippen molar-refractivity contribution in [3.05, 3.63) is 40.8 Å². The van der Waals surface area contributed by atoms with Crippen LogP contribution in [0.25, 0.3) is 0 Å². The van der Waals surface area contributed by atoms with E-state index in [2.05, 4.69) is 15.0 Å². The maximum atomic E-state index is 12.4. The van der Waals surface area contributed by atoms with E-state index in [4.69, 9.17) is 18.7 Å². The molecule has 8 heteroatoms. The van der Waals surface area contributed by atoms with Crippen LogP contribution in [-0.2, 0) is 17.8 Å². The predicted octanol–water partition coefficient (Wildman–Crippen LogP) is 2.49. The maximum Gasteiger partial charge on any atom is 0.338 e. The minimum atomic E-state index is -0.393. The Hall–Kier alpha value is -2.58. The van der Waals surface area contributed by atoms with Crippen LogP contribution in [-0.4, -0.2) is 68.4 Å². The fourth-order valence-corrected chi connectivity index (χ4v) is 3.66. The van der Waals surface area contributed by atoms with E-state index in [9.17, 15) is 4.79 Å². The van der Waals surface area contributed by atoms with Gasteiger partial charge in [-0.15, -0.1) is 0 Å². The Bertz CT molecular complexity index is 836. The molecule has 0 unspecified atom stereocenters. The molecule has 0 N–H and O–H groups in total. The largest absolute Gasteiger partial charge is 0.497 e. The molecule has 0 spiro atoms. The van der Waals surface area contributed by atoms with Crippen molar-refractivity contribution >= 4 is 5.97 Å². The van der Waals surface area contributed by atoms with Gasteiger partial charge in [-0.25, -0.2) is 4.79 Å². The lowest BCUT2D eigenvalue weighted by Gasteiger charge is -2.23. The SMILES string of the molecule is COC(=O)c1cc(OC)cc(OC)c1CN1CCCN(Cc2cc(C)on2)CC1. The molecule has 1 fully saturated rings. The van der Waals surface area contributed by atoms with Gasteiger partial charge in [-0.2, -0.15) is 0 Å². The molecule has 1 aliphatic heterocycles. The maximum absolute atomic E-state index is 12.4. The molecule has 1 aromatic carbocycles. The quantitative estimate of drug-likeness (QED) is 0.653. The van der Waals surface area contributed by atoms with Crippen LogP contribution in [0.3, 0.4) is 0 Å². The Balaban J connectivity index is 1.73. The summed E-state index contributed by atoms with van der Waals surface area (Å²) < 4.78 is 21.0. The van der Waals surface area contributed by atoms with E-state index in [1.165, 1.54) is 7.11 Å². The first-order chi connectivity index (χ1) is 14.0. The Kier molecular flexibility index (Phi) is 7.11. The van der Waals surface area contributed by atoms with E-state index in [-0.39, 0.29) is 0 Å². The number of aromatic nitrogens is 1. The second-order valence-corrected chi connectivity index (χ2v) is 7.18. The summed E-state index contributed by atoms with van der Waals surface area (Å²) in [5, 5.41) is 4.10. The van der Waals surface area contributed by atoms with Crippen LogP contribution >= 0.6 is 0 Å². The molecular weight excluding hydrogens is 374 g/mol. The molecule has 0 amide bonds. The zero-order valence-corrected chi connectivity index (χ0v) is 17.6. The number of rotatable bonds is 7. The third kappa shape index (κ3) is 5.27. The highest BCUT2D eigenvalue weighted by molar-refractivity contribution is 5.92. The zero-order chi connectivity index (χ0) is 20.8. The van der Waals surface area contributed by atoms with Crippen molar-refractivity contribution in [1.82, 2.24) is 15.0 Å². The Morgan fingerprint density at radius 3 is 2.34 bits per heavy atom. The molecule has 158 valence electrons. The average Bonchev–Trinajstić information content (AvgIpc) is 3.01. The van der Waals surface area contributed by atoms with Crippen LogP contribution in [0.2, 0.25) is 0 Å². The summed E-state index contributed by atoms with van der Waals surface area (Å²) in [4.78, 5) is 17.1. The first kappa shape index (κ1) is 21.1. The third-order valence-corrected chi connectivity index (χ3v) is 5.17. The van der Waals surface area contributed by atoms with Crippen molar-refractivity contribution in [3.63, 3.8) is 0 Å². The van der Waals surface area contributed by atoms with Gasteiger partial charge >= 0.3 is 5.97 Å². The Morgan fingerprint density at radius 2 is 1.76 bits per heavy atom. The highest BCUT2D eigenvalue weighted by atomic mass is 16.5. The van der Waals surface area contributed by atoms with Crippen molar-refractivity contribution in [2.45, 2.75) is 26.4 Å². The van der Waals surface area contributed by atoms with Crippen molar-refractivity contribution in [2.75, 3.05) is 47.5 Å². The van der Waals surface area contributed by atoms with Gasteiger partial charge in [0.15, 0.2) is 0 Å². The lowest BCUT2D eigenvalue weighted by Crippen LogP contribution is -2.31. The fraction of sp³-hybridized carbons (Fsp3) is 0.524. The minimum Gasteiger partial charge on any atom is -0.497 e. The van der Waals surface area contributed by atoms with E-state index in [0.29, 0.717) is 23.6 Å². The minimum absolute atomic E-state index is 0.393. The smallest absolute Gasteiger partial charge is 0.338 e. The van der Waals surface area contributed by atoms with Crippen LogP contribution < -0.4 is 9.47 Å². The normalized spacial score (nSPS) is 15.7. The van der Waals surface area contributed by atoms with Gasteiger partial charge in [0.1, 0.15) is 17.3 Å². The molecule has 2 aromatic rings. The van der Waals surface area contributed by atoms with Gasteiger partial charge < -0.3 is 18.7 Å². The van der Waals surface area contributed by atoms with Crippen molar-refractivity contribution in [1.29, 1.82) is 0 Å². The number of nitrogens with zero attached hydrogens (tertiary/aromatic N) is 3. The molecule has 0 atom stereocenters. The van der Waals surface area contributed by atoms with Crippen LogP contribution in [0.4, 0.5) is 0 Å². The molecule has 0 aliphatic carbocycles. The standard InChI is InChI=1S/C21H29N3O5/c1-15-10-16(22-29-15)13-23-6-5-7-24(9-8-23)14-19-18(21(25)28-4)11-17(26-2)12-20(19)27-3/h10-12H,5-9,13-14H2,1-4H3. The fourth-order valence-electron chi connectivity index (χ4n) is 3.66. The summed E-state index contributed by atoms with van der Waals surface area (Å²) in [7, 11) is 4.55. The lowest BCUT2D eigenvalue weighted by atomic mass is 10.0. The lowest BCUT2D eigenvalue weighted by molar-refractivity contribution is 0.0597. The van der Waals surface area contributed by atoms with Crippen LogP contribution in [0.15, 0.2) is 22.7 Å². The molecule has 0 saturated carbocycles. The summed E-state index contributed by atoms with van der Waals surface area (Å²) in [6, 6.07) is 5.49. The summed E-state index contributed by atoms with van der Waals surface area (Å²) in [6.07, 6.45) is 1.03. The topological polar surface area (TPSA) is 77.3 Å². The molecule has 0 radical (unpaired) electrons. The molecule has 8 nitrogen and oxygen atoms in total. The van der Waals surface area contributed by atoms with Gasteiger partial charge in [0, 0.05) is 43.9 Å². The summed E-state index contributed by atoms with van der Waals surface area (Å²) >= 11 is 0. The average molecular weight is 403 g/mol. The van der Waals surface area contributed by atoms with Gasteiger partial charge in [0.05, 0.1) is 32.6 Å². The van der Waals surface area contributed by atoms with E-state index in [0.717, 1.165) is 56.2 Å². The number of hydrogen-bond acceptors (Lipinski definition) is 8. The summed E-state index contributed by atoms with van der Waals surface area (Å²) in [6.45, 7) is 7.02. The molecule has 29 heavy (non-hydrogen) atoms. The monoisotopic (exact) mass is 403 g/mol. The first-order valence-corrected chi connectivity index (χ1v) is 9.74. The second kappa shape index (κ2) is 9.76. The number of methoxy groups -OCH3 is 3. The van der Waals surface area contributed by atoms with Crippen molar-refractivity contribution < 1.29 is 23.5 Å². The Labute approximate surface area is 171 Å².